The topological polar surface area (TPSA) is 98.0 Å². The van der Waals surface area contributed by atoms with E-state index in [0.29, 0.717) is 24.6 Å². The van der Waals surface area contributed by atoms with E-state index in [2.05, 4.69) is 22.8 Å². The van der Waals surface area contributed by atoms with Gasteiger partial charge in [-0.25, -0.2) is 23.5 Å². The molecule has 4 rings (SSSR count). The van der Waals surface area contributed by atoms with Crippen molar-refractivity contribution in [2.24, 2.45) is 5.14 Å². The first kappa shape index (κ1) is 19.0. The van der Waals surface area contributed by atoms with Gasteiger partial charge >= 0.3 is 0 Å². The van der Waals surface area contributed by atoms with Crippen LogP contribution in [0.4, 0.5) is 5.82 Å². The molecule has 1 aromatic carbocycles. The van der Waals surface area contributed by atoms with E-state index in [1.54, 1.807) is 22.7 Å². The molecule has 28 heavy (non-hydrogen) atoms. The molecular formula is C19H18N4O2S3. The Morgan fingerprint density at radius 1 is 1.04 bits per heavy atom. The number of hydrogen-bond acceptors (Lipinski definition) is 7. The Hall–Kier alpha value is -2.33. The van der Waals surface area contributed by atoms with Crippen LogP contribution < -0.4 is 10.5 Å². The van der Waals surface area contributed by atoms with Crippen LogP contribution in [0.1, 0.15) is 6.42 Å². The van der Waals surface area contributed by atoms with Gasteiger partial charge in [0.05, 0.1) is 11.1 Å². The number of benzene rings is 1. The van der Waals surface area contributed by atoms with Crippen LogP contribution in [0.2, 0.25) is 0 Å². The molecule has 3 aromatic heterocycles. The van der Waals surface area contributed by atoms with E-state index in [-0.39, 0.29) is 5.75 Å². The van der Waals surface area contributed by atoms with Crippen LogP contribution in [0.25, 0.3) is 32.7 Å². The minimum atomic E-state index is -3.47. The molecule has 0 unspecified atom stereocenters. The average Bonchev–Trinajstić information content (AvgIpc) is 3.34. The van der Waals surface area contributed by atoms with Crippen LogP contribution in [0.5, 0.6) is 0 Å². The second-order valence-corrected chi connectivity index (χ2v) is 9.62. The first-order chi connectivity index (χ1) is 13.5. The van der Waals surface area contributed by atoms with E-state index in [0.717, 1.165) is 26.9 Å². The van der Waals surface area contributed by atoms with Gasteiger partial charge in [-0.3, -0.25) is 0 Å². The van der Waals surface area contributed by atoms with Crippen molar-refractivity contribution in [1.29, 1.82) is 0 Å². The summed E-state index contributed by atoms with van der Waals surface area (Å²) < 4.78 is 22.4. The van der Waals surface area contributed by atoms with Crippen LogP contribution in [-0.2, 0) is 10.0 Å². The maximum absolute atomic E-state index is 11.2. The molecule has 6 nitrogen and oxygen atoms in total. The van der Waals surface area contributed by atoms with Crippen LogP contribution >= 0.6 is 22.7 Å². The summed E-state index contributed by atoms with van der Waals surface area (Å²) in [6.45, 7) is 0.454. The normalized spacial score (nSPS) is 11.8. The fraction of sp³-hybridized carbons (Fsp3) is 0.158. The summed E-state index contributed by atoms with van der Waals surface area (Å²) in [6.07, 6.45) is 0.406. The molecule has 0 bridgehead atoms. The van der Waals surface area contributed by atoms with Gasteiger partial charge in [0.2, 0.25) is 10.0 Å². The molecule has 0 saturated carbocycles. The molecule has 0 aliphatic rings. The minimum absolute atomic E-state index is 0.0687. The lowest BCUT2D eigenvalue weighted by Gasteiger charge is -2.10. The summed E-state index contributed by atoms with van der Waals surface area (Å²) in [7, 11) is -3.47. The van der Waals surface area contributed by atoms with Crippen molar-refractivity contribution >= 4 is 48.7 Å². The van der Waals surface area contributed by atoms with Crippen LogP contribution in [-0.4, -0.2) is 30.7 Å². The third kappa shape index (κ3) is 4.22. The van der Waals surface area contributed by atoms with Crippen molar-refractivity contribution in [3.8, 4) is 22.5 Å². The third-order valence-corrected chi connectivity index (χ3v) is 6.61. The fourth-order valence-corrected chi connectivity index (χ4v) is 5.03. The van der Waals surface area contributed by atoms with Gasteiger partial charge in [-0.15, -0.1) is 11.3 Å². The summed E-state index contributed by atoms with van der Waals surface area (Å²) >= 11 is 3.17. The Kier molecular flexibility index (Phi) is 5.40. The molecule has 0 fully saturated rings. The molecular weight excluding hydrogens is 412 g/mol. The lowest BCUT2D eigenvalue weighted by atomic mass is 10.1. The first-order valence-electron chi connectivity index (χ1n) is 8.63. The van der Waals surface area contributed by atoms with E-state index < -0.39 is 10.0 Å². The average molecular weight is 431 g/mol. The van der Waals surface area contributed by atoms with Crippen molar-refractivity contribution < 1.29 is 8.42 Å². The third-order valence-electron chi connectivity index (χ3n) is 4.20. The number of fused-ring (bicyclic) bond motifs is 1. The zero-order chi connectivity index (χ0) is 19.6. The highest BCUT2D eigenvalue weighted by Gasteiger charge is 2.16. The lowest BCUT2D eigenvalue weighted by Crippen LogP contribution is -2.19. The van der Waals surface area contributed by atoms with Crippen molar-refractivity contribution in [3.05, 3.63) is 52.5 Å². The van der Waals surface area contributed by atoms with E-state index in [9.17, 15) is 8.42 Å². The fourth-order valence-electron chi connectivity index (χ4n) is 2.90. The highest BCUT2D eigenvalue weighted by atomic mass is 32.2. The smallest absolute Gasteiger partial charge is 0.209 e. The second-order valence-electron chi connectivity index (χ2n) is 6.25. The summed E-state index contributed by atoms with van der Waals surface area (Å²) in [4.78, 5) is 10.4. The maximum Gasteiger partial charge on any atom is 0.209 e. The standard InChI is InChI=1S/C19H18N4O2S3/c20-28(24,25)10-4-8-21-18-16-15(13-5-2-1-3-6-13)12-27-19(16)23-17(22-18)14-7-9-26-11-14/h1-3,5-7,9,11-12H,4,8,10H2,(H2,20,24,25)(H,21,22,23). The summed E-state index contributed by atoms with van der Waals surface area (Å²) in [5.41, 5.74) is 3.12. The molecule has 0 atom stereocenters. The van der Waals surface area contributed by atoms with E-state index in [1.807, 2.05) is 35.0 Å². The molecule has 0 aliphatic carbocycles. The zero-order valence-corrected chi connectivity index (χ0v) is 17.3. The van der Waals surface area contributed by atoms with Gasteiger partial charge < -0.3 is 5.32 Å². The van der Waals surface area contributed by atoms with E-state index >= 15 is 0 Å². The molecule has 3 heterocycles. The molecule has 0 aliphatic heterocycles. The number of hydrogen-bond donors (Lipinski definition) is 2. The Morgan fingerprint density at radius 2 is 1.86 bits per heavy atom. The maximum atomic E-state index is 11.2. The quantitative estimate of drug-likeness (QED) is 0.429. The van der Waals surface area contributed by atoms with Gasteiger partial charge in [-0.05, 0) is 23.4 Å². The largest absolute Gasteiger partial charge is 0.369 e. The molecule has 0 spiro atoms. The molecule has 0 radical (unpaired) electrons. The predicted octanol–water partition coefficient (Wildman–Crippen LogP) is 4.18. The summed E-state index contributed by atoms with van der Waals surface area (Å²) in [5, 5.41) is 15.4. The predicted molar refractivity (Wildman–Crippen MR) is 117 cm³/mol. The molecule has 0 saturated heterocycles. The van der Waals surface area contributed by atoms with Crippen molar-refractivity contribution in [3.63, 3.8) is 0 Å². The molecule has 9 heteroatoms. The number of anilines is 1. The van der Waals surface area contributed by atoms with Crippen molar-refractivity contribution in [2.45, 2.75) is 6.42 Å². The Balaban J connectivity index is 1.75. The highest BCUT2D eigenvalue weighted by molar-refractivity contribution is 7.89. The van der Waals surface area contributed by atoms with Crippen molar-refractivity contribution in [1.82, 2.24) is 9.97 Å². The Bertz CT molecular complexity index is 1190. The first-order valence-corrected chi connectivity index (χ1v) is 12.2. The molecule has 144 valence electrons. The minimum Gasteiger partial charge on any atom is -0.369 e. The van der Waals surface area contributed by atoms with Gasteiger partial charge in [0.1, 0.15) is 10.6 Å². The van der Waals surface area contributed by atoms with Crippen LogP contribution in [0, 0.1) is 0 Å². The highest BCUT2D eigenvalue weighted by Crippen LogP contribution is 2.38. The van der Waals surface area contributed by atoms with Gasteiger partial charge in [-0.1, -0.05) is 30.3 Å². The molecule has 3 N–H and O–H groups in total. The Morgan fingerprint density at radius 3 is 2.57 bits per heavy atom. The van der Waals surface area contributed by atoms with Gasteiger partial charge in [0.25, 0.3) is 0 Å². The second kappa shape index (κ2) is 7.96. The number of nitrogens with one attached hydrogen (secondary N) is 1. The molecule has 4 aromatic rings. The number of aromatic nitrogens is 2. The summed E-state index contributed by atoms with van der Waals surface area (Å²) in [5.74, 6) is 1.30. The van der Waals surface area contributed by atoms with Gasteiger partial charge in [-0.2, -0.15) is 11.3 Å². The van der Waals surface area contributed by atoms with Gasteiger partial charge in [0, 0.05) is 28.4 Å². The number of nitrogens with zero attached hydrogens (tertiary/aromatic N) is 2. The SMILES string of the molecule is NS(=O)(=O)CCCNc1nc(-c2ccsc2)nc2scc(-c3ccccc3)c12. The number of nitrogens with two attached hydrogens (primary N) is 1. The number of primary sulfonamides is 1. The Labute approximate surface area is 171 Å². The van der Waals surface area contributed by atoms with E-state index in [1.165, 1.54) is 0 Å². The van der Waals surface area contributed by atoms with Crippen LogP contribution in [0.3, 0.4) is 0 Å². The van der Waals surface area contributed by atoms with E-state index in [4.69, 9.17) is 15.1 Å². The molecule has 0 amide bonds. The van der Waals surface area contributed by atoms with Gasteiger partial charge in [0.15, 0.2) is 5.82 Å². The van der Waals surface area contributed by atoms with Crippen LogP contribution in [0.15, 0.2) is 52.5 Å². The lowest BCUT2D eigenvalue weighted by molar-refractivity contribution is 0.596. The van der Waals surface area contributed by atoms with Crippen molar-refractivity contribution in [2.75, 3.05) is 17.6 Å². The number of rotatable bonds is 7. The number of thiophene rings is 2. The summed E-state index contributed by atoms with van der Waals surface area (Å²) in [6, 6.07) is 12.1. The number of sulfonamides is 1. The monoisotopic (exact) mass is 430 g/mol. The zero-order valence-electron chi connectivity index (χ0n) is 14.8.